The van der Waals surface area contributed by atoms with E-state index in [1.165, 1.54) is 5.56 Å². The van der Waals surface area contributed by atoms with Crippen LogP contribution in [0.3, 0.4) is 0 Å². The van der Waals surface area contributed by atoms with Gasteiger partial charge in [0.2, 0.25) is 0 Å². The molecule has 0 saturated carbocycles. The number of piperidine rings is 1. The lowest BCUT2D eigenvalue weighted by atomic mass is 10.0. The van der Waals surface area contributed by atoms with Crippen molar-refractivity contribution in [2.24, 2.45) is 4.99 Å². The summed E-state index contributed by atoms with van der Waals surface area (Å²) in [5.41, 5.74) is 2.52. The number of halogens is 1. The zero-order valence-corrected chi connectivity index (χ0v) is 13.4. The van der Waals surface area contributed by atoms with Crippen molar-refractivity contribution in [3.05, 3.63) is 70.7 Å². The van der Waals surface area contributed by atoms with Gasteiger partial charge in [0.1, 0.15) is 0 Å². The summed E-state index contributed by atoms with van der Waals surface area (Å²) in [6.45, 7) is 3.30. The third kappa shape index (κ3) is 4.43. The van der Waals surface area contributed by atoms with Gasteiger partial charge in [-0.2, -0.15) is 0 Å². The van der Waals surface area contributed by atoms with Crippen LogP contribution in [-0.2, 0) is 6.54 Å². The Morgan fingerprint density at radius 2 is 1.68 bits per heavy atom. The Balaban J connectivity index is 1.48. The lowest BCUT2D eigenvalue weighted by Crippen LogP contribution is -2.34. The normalized spacial score (nSPS) is 17.1. The lowest BCUT2D eigenvalue weighted by molar-refractivity contribution is 0.206. The fraction of sp³-hybridized carbons (Fsp3) is 0.316. The van der Waals surface area contributed by atoms with E-state index in [9.17, 15) is 0 Å². The molecule has 0 atom stereocenters. The van der Waals surface area contributed by atoms with Gasteiger partial charge in [-0.05, 0) is 36.1 Å². The molecular formula is C19H21ClN2. The minimum absolute atomic E-state index is 0.447. The van der Waals surface area contributed by atoms with Crippen molar-refractivity contribution in [3.63, 3.8) is 0 Å². The average molecular weight is 313 g/mol. The largest absolute Gasteiger partial charge is 0.299 e. The summed E-state index contributed by atoms with van der Waals surface area (Å²) < 4.78 is 0. The number of hydrogen-bond donors (Lipinski definition) is 0. The Kier molecular flexibility index (Phi) is 5.25. The summed E-state index contributed by atoms with van der Waals surface area (Å²) >= 11 is 5.89. The van der Waals surface area contributed by atoms with Gasteiger partial charge in [-0.25, -0.2) is 0 Å². The van der Waals surface area contributed by atoms with Crippen LogP contribution in [0.2, 0.25) is 5.02 Å². The molecule has 2 aromatic carbocycles. The number of aliphatic imine (C=N–C) groups is 1. The number of benzene rings is 2. The highest BCUT2D eigenvalue weighted by molar-refractivity contribution is 6.30. The van der Waals surface area contributed by atoms with Crippen molar-refractivity contribution in [1.82, 2.24) is 4.90 Å². The van der Waals surface area contributed by atoms with Crippen LogP contribution in [0.5, 0.6) is 0 Å². The second-order valence-electron chi connectivity index (χ2n) is 5.82. The fourth-order valence-corrected chi connectivity index (χ4v) is 2.93. The van der Waals surface area contributed by atoms with Crippen molar-refractivity contribution in [3.8, 4) is 0 Å². The average Bonchev–Trinajstić information content (AvgIpc) is 2.57. The van der Waals surface area contributed by atoms with Gasteiger partial charge in [-0.3, -0.25) is 9.89 Å². The molecule has 0 N–H and O–H groups in total. The van der Waals surface area contributed by atoms with Crippen molar-refractivity contribution < 1.29 is 0 Å². The molecule has 0 bridgehead atoms. The molecule has 0 spiro atoms. The third-order valence-corrected chi connectivity index (χ3v) is 4.36. The highest BCUT2D eigenvalue weighted by atomic mass is 35.5. The minimum Gasteiger partial charge on any atom is -0.299 e. The Labute approximate surface area is 137 Å². The van der Waals surface area contributed by atoms with E-state index in [0.29, 0.717) is 6.04 Å². The first kappa shape index (κ1) is 15.3. The summed E-state index contributed by atoms with van der Waals surface area (Å²) in [4.78, 5) is 7.25. The molecule has 0 amide bonds. The van der Waals surface area contributed by atoms with Crippen molar-refractivity contribution in [1.29, 1.82) is 0 Å². The van der Waals surface area contributed by atoms with Crippen LogP contribution in [0.1, 0.15) is 24.0 Å². The van der Waals surface area contributed by atoms with Gasteiger partial charge in [-0.1, -0.05) is 54.1 Å². The Bertz CT molecular complexity index is 599. The summed E-state index contributed by atoms with van der Waals surface area (Å²) in [5, 5.41) is 0.770. The molecule has 1 fully saturated rings. The molecule has 3 rings (SSSR count). The molecule has 1 aliphatic heterocycles. The quantitative estimate of drug-likeness (QED) is 0.763. The van der Waals surface area contributed by atoms with E-state index < -0.39 is 0 Å². The lowest BCUT2D eigenvalue weighted by Gasteiger charge is -2.30. The molecule has 2 nitrogen and oxygen atoms in total. The number of likely N-dealkylation sites (tertiary alicyclic amines) is 1. The van der Waals surface area contributed by atoms with Crippen LogP contribution >= 0.6 is 11.6 Å². The van der Waals surface area contributed by atoms with Crippen LogP contribution in [0.15, 0.2) is 59.6 Å². The maximum atomic E-state index is 5.89. The number of hydrogen-bond acceptors (Lipinski definition) is 2. The molecule has 1 saturated heterocycles. The summed E-state index contributed by atoms with van der Waals surface area (Å²) in [5.74, 6) is 0. The predicted molar refractivity (Wildman–Crippen MR) is 93.8 cm³/mol. The molecule has 1 heterocycles. The van der Waals surface area contributed by atoms with E-state index in [1.54, 1.807) is 0 Å². The van der Waals surface area contributed by atoms with Gasteiger partial charge in [0.05, 0.1) is 6.04 Å². The van der Waals surface area contributed by atoms with Gasteiger partial charge in [0.25, 0.3) is 0 Å². The van der Waals surface area contributed by atoms with Crippen molar-refractivity contribution in [2.45, 2.75) is 25.4 Å². The highest BCUT2D eigenvalue weighted by Crippen LogP contribution is 2.16. The van der Waals surface area contributed by atoms with Crippen LogP contribution in [0.4, 0.5) is 0 Å². The second-order valence-corrected chi connectivity index (χ2v) is 6.26. The van der Waals surface area contributed by atoms with E-state index in [4.69, 9.17) is 16.6 Å². The smallest absolute Gasteiger partial charge is 0.0524 e. The van der Waals surface area contributed by atoms with Gasteiger partial charge < -0.3 is 0 Å². The maximum absolute atomic E-state index is 5.89. The molecule has 1 aliphatic rings. The van der Waals surface area contributed by atoms with E-state index in [2.05, 4.69) is 35.2 Å². The predicted octanol–water partition coefficient (Wildman–Crippen LogP) is 4.42. The second kappa shape index (κ2) is 7.57. The molecule has 0 radical (unpaired) electrons. The van der Waals surface area contributed by atoms with Gasteiger partial charge in [-0.15, -0.1) is 0 Å². The third-order valence-electron chi connectivity index (χ3n) is 4.11. The highest BCUT2D eigenvalue weighted by Gasteiger charge is 2.17. The Morgan fingerprint density at radius 1 is 1.00 bits per heavy atom. The van der Waals surface area contributed by atoms with Crippen LogP contribution in [0.25, 0.3) is 0 Å². The van der Waals surface area contributed by atoms with Crippen LogP contribution < -0.4 is 0 Å². The molecule has 0 aliphatic carbocycles. The zero-order valence-electron chi connectivity index (χ0n) is 12.7. The van der Waals surface area contributed by atoms with Crippen molar-refractivity contribution >= 4 is 17.8 Å². The monoisotopic (exact) mass is 312 g/mol. The number of rotatable bonds is 4. The SMILES string of the molecule is Clc1ccc(C=NC2CCN(Cc3ccccc3)CC2)cc1. The first-order chi connectivity index (χ1) is 10.8. The molecule has 2 aromatic rings. The van der Waals surface area contributed by atoms with E-state index in [0.717, 1.165) is 43.1 Å². The summed E-state index contributed by atoms with van der Waals surface area (Å²) in [7, 11) is 0. The summed E-state index contributed by atoms with van der Waals surface area (Å²) in [6.07, 6.45) is 4.25. The molecule has 114 valence electrons. The molecular weight excluding hydrogens is 292 g/mol. The minimum atomic E-state index is 0.447. The standard InChI is InChI=1S/C19H21ClN2/c20-18-8-6-16(7-9-18)14-21-19-10-12-22(13-11-19)15-17-4-2-1-3-5-17/h1-9,14,19H,10-13,15H2. The van der Waals surface area contributed by atoms with Crippen LogP contribution in [0, 0.1) is 0 Å². The number of nitrogens with zero attached hydrogens (tertiary/aromatic N) is 2. The molecule has 0 unspecified atom stereocenters. The topological polar surface area (TPSA) is 15.6 Å². The molecule has 0 aromatic heterocycles. The first-order valence-electron chi connectivity index (χ1n) is 7.84. The maximum Gasteiger partial charge on any atom is 0.0524 e. The van der Waals surface area contributed by atoms with E-state index >= 15 is 0 Å². The Morgan fingerprint density at radius 3 is 2.36 bits per heavy atom. The van der Waals surface area contributed by atoms with E-state index in [-0.39, 0.29) is 0 Å². The zero-order chi connectivity index (χ0) is 15.2. The van der Waals surface area contributed by atoms with Gasteiger partial charge in [0, 0.05) is 30.9 Å². The molecule has 3 heteroatoms. The summed E-state index contributed by atoms with van der Waals surface area (Å²) in [6, 6.07) is 19.0. The van der Waals surface area contributed by atoms with Crippen molar-refractivity contribution in [2.75, 3.05) is 13.1 Å². The fourth-order valence-electron chi connectivity index (χ4n) is 2.81. The first-order valence-corrected chi connectivity index (χ1v) is 8.22. The van der Waals surface area contributed by atoms with Gasteiger partial charge >= 0.3 is 0 Å². The van der Waals surface area contributed by atoms with Crippen LogP contribution in [-0.4, -0.2) is 30.2 Å². The Hall–Kier alpha value is -1.64. The van der Waals surface area contributed by atoms with Gasteiger partial charge in [0.15, 0.2) is 0 Å². The molecule has 22 heavy (non-hydrogen) atoms. The van der Waals surface area contributed by atoms with E-state index in [1.807, 2.05) is 30.5 Å².